The average molecular weight is 388 g/mol. The minimum atomic E-state index is 0.226. The van der Waals surface area contributed by atoms with Crippen LogP contribution in [-0.4, -0.2) is 72.5 Å². The van der Waals surface area contributed by atoms with Crippen molar-refractivity contribution in [3.05, 3.63) is 18.0 Å². The van der Waals surface area contributed by atoms with E-state index in [9.17, 15) is 4.79 Å². The molecule has 6 heteroatoms. The predicted octanol–water partition coefficient (Wildman–Crippen LogP) is 2.83. The lowest BCUT2D eigenvalue weighted by atomic mass is 9.81. The van der Waals surface area contributed by atoms with Crippen molar-refractivity contribution < 1.29 is 4.79 Å². The molecule has 156 valence electrons. The third-order valence-electron chi connectivity index (χ3n) is 6.23. The zero-order valence-electron chi connectivity index (χ0n) is 18.1. The van der Waals surface area contributed by atoms with Gasteiger partial charge in [-0.3, -0.25) is 4.79 Å². The van der Waals surface area contributed by atoms with E-state index in [2.05, 4.69) is 52.7 Å². The Hall–Kier alpha value is -1.69. The molecular formula is C22H37N5O. The highest BCUT2D eigenvalue weighted by Gasteiger charge is 2.37. The van der Waals surface area contributed by atoms with Gasteiger partial charge in [-0.2, -0.15) is 0 Å². The maximum Gasteiger partial charge on any atom is 0.225 e. The molecule has 2 fully saturated rings. The summed E-state index contributed by atoms with van der Waals surface area (Å²) in [5, 5.41) is 0. The average Bonchev–Trinajstić information content (AvgIpc) is 3.53. The van der Waals surface area contributed by atoms with Crippen LogP contribution >= 0.6 is 0 Å². The summed E-state index contributed by atoms with van der Waals surface area (Å²) in [6.45, 7) is 4.93. The molecule has 1 amide bonds. The number of rotatable bonds is 9. The summed E-state index contributed by atoms with van der Waals surface area (Å²) in [6.07, 6.45) is 11.5. The van der Waals surface area contributed by atoms with Crippen LogP contribution in [0.15, 0.2) is 12.4 Å². The summed E-state index contributed by atoms with van der Waals surface area (Å²) in [5.41, 5.74) is 1.17. The number of hydrogen-bond acceptors (Lipinski definition) is 5. The van der Waals surface area contributed by atoms with Gasteiger partial charge in [0.1, 0.15) is 0 Å². The van der Waals surface area contributed by atoms with Crippen LogP contribution in [0.2, 0.25) is 0 Å². The molecular weight excluding hydrogens is 350 g/mol. The van der Waals surface area contributed by atoms with Crippen LogP contribution in [0.3, 0.4) is 0 Å². The van der Waals surface area contributed by atoms with Crippen LogP contribution in [0.5, 0.6) is 0 Å². The molecule has 28 heavy (non-hydrogen) atoms. The number of likely N-dealkylation sites (N-methyl/N-ethyl adjacent to an activating group) is 1. The van der Waals surface area contributed by atoms with Gasteiger partial charge in [0.25, 0.3) is 0 Å². The molecule has 6 nitrogen and oxygen atoms in total. The lowest BCUT2D eigenvalue weighted by Crippen LogP contribution is -2.43. The molecule has 0 aliphatic heterocycles. The molecule has 2 aliphatic rings. The van der Waals surface area contributed by atoms with E-state index in [0.29, 0.717) is 17.9 Å². The van der Waals surface area contributed by atoms with Crippen molar-refractivity contribution >= 4 is 11.9 Å². The molecule has 0 bridgehead atoms. The Morgan fingerprint density at radius 2 is 1.64 bits per heavy atom. The quantitative estimate of drug-likeness (QED) is 0.652. The van der Waals surface area contributed by atoms with Crippen molar-refractivity contribution in [3.8, 4) is 0 Å². The number of carbonyl (C=O) groups excluding carboxylic acids is 1. The molecule has 2 aliphatic carbocycles. The van der Waals surface area contributed by atoms with Gasteiger partial charge in [0.2, 0.25) is 11.9 Å². The molecule has 0 saturated heterocycles. The summed E-state index contributed by atoms with van der Waals surface area (Å²) >= 11 is 0. The third kappa shape index (κ3) is 5.66. The molecule has 1 aromatic heterocycles. The van der Waals surface area contributed by atoms with Gasteiger partial charge in [-0.15, -0.1) is 0 Å². The van der Waals surface area contributed by atoms with Crippen LogP contribution in [-0.2, 0) is 11.2 Å². The van der Waals surface area contributed by atoms with Gasteiger partial charge in [-0.1, -0.05) is 6.92 Å². The Morgan fingerprint density at radius 3 is 2.18 bits per heavy atom. The monoisotopic (exact) mass is 387 g/mol. The fourth-order valence-corrected chi connectivity index (χ4v) is 4.19. The van der Waals surface area contributed by atoms with Crippen molar-refractivity contribution in [1.82, 2.24) is 19.8 Å². The molecule has 1 heterocycles. The van der Waals surface area contributed by atoms with Gasteiger partial charge >= 0.3 is 0 Å². The highest BCUT2D eigenvalue weighted by Crippen LogP contribution is 2.34. The van der Waals surface area contributed by atoms with Gasteiger partial charge in [-0.05, 0) is 70.5 Å². The predicted molar refractivity (Wildman–Crippen MR) is 113 cm³/mol. The molecule has 0 spiro atoms. The summed E-state index contributed by atoms with van der Waals surface area (Å²) in [5.74, 6) is 2.07. The van der Waals surface area contributed by atoms with Crippen molar-refractivity contribution in [1.29, 1.82) is 0 Å². The first kappa shape index (κ1) is 21.0. The molecule has 2 saturated carbocycles. The third-order valence-corrected chi connectivity index (χ3v) is 6.23. The summed E-state index contributed by atoms with van der Waals surface area (Å²) < 4.78 is 0. The number of aryl methyl sites for hydroxylation is 1. The van der Waals surface area contributed by atoms with Crippen LogP contribution < -0.4 is 4.90 Å². The van der Waals surface area contributed by atoms with Crippen molar-refractivity contribution in [3.63, 3.8) is 0 Å². The van der Waals surface area contributed by atoms with Crippen LogP contribution in [0.1, 0.15) is 51.0 Å². The van der Waals surface area contributed by atoms with E-state index in [0.717, 1.165) is 57.7 Å². The van der Waals surface area contributed by atoms with E-state index in [1.807, 2.05) is 12.4 Å². The second kappa shape index (κ2) is 9.68. The van der Waals surface area contributed by atoms with E-state index in [-0.39, 0.29) is 5.92 Å². The fourth-order valence-electron chi connectivity index (χ4n) is 4.19. The van der Waals surface area contributed by atoms with Crippen molar-refractivity contribution in [2.75, 3.05) is 45.7 Å². The van der Waals surface area contributed by atoms with Gasteiger partial charge < -0.3 is 14.7 Å². The van der Waals surface area contributed by atoms with E-state index in [4.69, 9.17) is 0 Å². The van der Waals surface area contributed by atoms with E-state index >= 15 is 0 Å². The first-order valence-electron chi connectivity index (χ1n) is 10.9. The number of nitrogens with zero attached hydrogens (tertiary/aromatic N) is 5. The van der Waals surface area contributed by atoms with Gasteiger partial charge in [-0.25, -0.2) is 9.97 Å². The number of aromatic nitrogens is 2. The Kier molecular flexibility index (Phi) is 7.27. The topological polar surface area (TPSA) is 52.6 Å². The Labute approximate surface area is 170 Å². The van der Waals surface area contributed by atoms with Crippen molar-refractivity contribution in [2.24, 2.45) is 11.8 Å². The first-order chi connectivity index (χ1) is 13.5. The molecule has 0 atom stereocenters. The second-order valence-corrected chi connectivity index (χ2v) is 8.91. The molecule has 0 radical (unpaired) electrons. The molecule has 1 aromatic rings. The maximum absolute atomic E-state index is 13.1. The van der Waals surface area contributed by atoms with Gasteiger partial charge in [0.15, 0.2) is 0 Å². The second-order valence-electron chi connectivity index (χ2n) is 8.91. The number of carbonyl (C=O) groups is 1. The Bertz CT molecular complexity index is 620. The minimum absolute atomic E-state index is 0.226. The van der Waals surface area contributed by atoms with Crippen LogP contribution in [0, 0.1) is 11.8 Å². The number of anilines is 1. The summed E-state index contributed by atoms with van der Waals surface area (Å²) in [6, 6.07) is 0.513. The lowest BCUT2D eigenvalue weighted by Gasteiger charge is -2.34. The first-order valence-corrected chi connectivity index (χ1v) is 10.9. The van der Waals surface area contributed by atoms with Crippen LogP contribution in [0.25, 0.3) is 0 Å². The van der Waals surface area contributed by atoms with Gasteiger partial charge in [0, 0.05) is 51.0 Å². The largest absolute Gasteiger partial charge is 0.344 e. The molecule has 0 unspecified atom stereocenters. The zero-order chi connectivity index (χ0) is 20.1. The fraction of sp³-hybridized carbons (Fsp3) is 0.773. The minimum Gasteiger partial charge on any atom is -0.344 e. The molecule has 3 rings (SSSR count). The normalized spacial score (nSPS) is 22.3. The zero-order valence-corrected chi connectivity index (χ0v) is 18.1. The van der Waals surface area contributed by atoms with Crippen LogP contribution in [0.4, 0.5) is 5.95 Å². The van der Waals surface area contributed by atoms with Gasteiger partial charge in [0.05, 0.1) is 0 Å². The SMILES string of the molecule is CCc1cnc(N(C)CC2CCC(C(=O)N(CCN(C)C)C3CC3)CC2)nc1. The Balaban J connectivity index is 1.47. The lowest BCUT2D eigenvalue weighted by molar-refractivity contribution is -0.137. The smallest absolute Gasteiger partial charge is 0.225 e. The molecule has 0 N–H and O–H groups in total. The molecule has 0 aromatic carbocycles. The summed E-state index contributed by atoms with van der Waals surface area (Å²) in [4.78, 5) is 28.6. The number of hydrogen-bond donors (Lipinski definition) is 0. The van der Waals surface area contributed by atoms with Crippen molar-refractivity contribution in [2.45, 2.75) is 57.9 Å². The summed E-state index contributed by atoms with van der Waals surface area (Å²) in [7, 11) is 6.24. The number of amides is 1. The highest BCUT2D eigenvalue weighted by molar-refractivity contribution is 5.79. The van der Waals surface area contributed by atoms with E-state index in [1.165, 1.54) is 18.4 Å². The van der Waals surface area contributed by atoms with E-state index < -0.39 is 0 Å². The maximum atomic E-state index is 13.1. The highest BCUT2D eigenvalue weighted by atomic mass is 16.2. The Morgan fingerprint density at radius 1 is 1.00 bits per heavy atom. The van der Waals surface area contributed by atoms with E-state index in [1.54, 1.807) is 0 Å². The standard InChI is InChI=1S/C22H37N5O/c1-5-17-14-23-22(24-15-17)26(4)16-18-6-8-19(9-7-18)21(28)27(20-10-11-20)13-12-25(2)3/h14-15,18-20H,5-13,16H2,1-4H3.